The molecule has 2 atom stereocenters. The molecule has 0 saturated carbocycles. The standard InChI is InChI=1S/C29H34N2O6/c1-3-7-26(30-28(33)20-31-14-16-36-17-15-31)27(32)19-24(18-22-10-12-25(35-2)13-11-22)29(34)37-21-23-8-5-4-6-9-23/h1,4-6,8-13,24,26H,7,14-21H2,2H3,(H,30,33)/t24-,26+/m1/s1. The molecular weight excluding hydrogens is 472 g/mol. The van der Waals surface area contributed by atoms with Gasteiger partial charge in [0.1, 0.15) is 12.4 Å². The highest BCUT2D eigenvalue weighted by Gasteiger charge is 2.29. The van der Waals surface area contributed by atoms with Crippen LogP contribution in [-0.2, 0) is 36.9 Å². The topological polar surface area (TPSA) is 94.2 Å². The second-order valence-corrected chi connectivity index (χ2v) is 8.93. The largest absolute Gasteiger partial charge is 0.497 e. The molecule has 8 heteroatoms. The molecule has 0 aliphatic carbocycles. The first-order valence-corrected chi connectivity index (χ1v) is 12.4. The Kier molecular flexibility index (Phi) is 11.2. The number of amides is 1. The lowest BCUT2D eigenvalue weighted by atomic mass is 9.91. The van der Waals surface area contributed by atoms with Gasteiger partial charge < -0.3 is 19.5 Å². The van der Waals surface area contributed by atoms with E-state index in [1.54, 1.807) is 19.2 Å². The van der Waals surface area contributed by atoms with Gasteiger partial charge in [0.15, 0.2) is 5.78 Å². The summed E-state index contributed by atoms with van der Waals surface area (Å²) >= 11 is 0. The number of methoxy groups -OCH3 is 1. The van der Waals surface area contributed by atoms with Crippen LogP contribution in [0.5, 0.6) is 5.75 Å². The predicted octanol–water partition coefficient (Wildman–Crippen LogP) is 2.40. The molecule has 1 amide bonds. The van der Waals surface area contributed by atoms with Crippen LogP contribution in [0, 0.1) is 18.3 Å². The zero-order chi connectivity index (χ0) is 26.5. The summed E-state index contributed by atoms with van der Waals surface area (Å²) in [4.78, 5) is 40.9. The van der Waals surface area contributed by atoms with E-state index in [1.165, 1.54) is 0 Å². The van der Waals surface area contributed by atoms with Crippen molar-refractivity contribution in [2.24, 2.45) is 5.92 Å². The number of Topliss-reactive ketones (excluding diaryl/α,β-unsaturated/α-hetero) is 1. The summed E-state index contributed by atoms with van der Waals surface area (Å²) < 4.78 is 16.1. The summed E-state index contributed by atoms with van der Waals surface area (Å²) in [5.74, 6) is 1.36. The number of carbonyl (C=O) groups excluding carboxylic acids is 3. The molecule has 0 aromatic heterocycles. The summed E-state index contributed by atoms with van der Waals surface area (Å²) in [6, 6.07) is 15.8. The molecule has 1 N–H and O–H groups in total. The van der Waals surface area contributed by atoms with Crippen LogP contribution in [0.25, 0.3) is 0 Å². The van der Waals surface area contributed by atoms with Crippen molar-refractivity contribution in [3.63, 3.8) is 0 Å². The first-order chi connectivity index (χ1) is 18.0. The second-order valence-electron chi connectivity index (χ2n) is 8.93. The van der Waals surface area contributed by atoms with Gasteiger partial charge in [0, 0.05) is 25.9 Å². The molecule has 8 nitrogen and oxygen atoms in total. The summed E-state index contributed by atoms with van der Waals surface area (Å²) in [7, 11) is 1.58. The van der Waals surface area contributed by atoms with Crippen molar-refractivity contribution in [1.29, 1.82) is 0 Å². The van der Waals surface area contributed by atoms with Gasteiger partial charge >= 0.3 is 5.97 Å². The molecule has 0 radical (unpaired) electrons. The van der Waals surface area contributed by atoms with E-state index in [4.69, 9.17) is 20.6 Å². The Morgan fingerprint density at radius 3 is 2.41 bits per heavy atom. The van der Waals surface area contributed by atoms with Crippen LogP contribution in [0.4, 0.5) is 0 Å². The summed E-state index contributed by atoms with van der Waals surface area (Å²) in [6.45, 7) is 2.70. The fraction of sp³-hybridized carbons (Fsp3) is 0.414. The van der Waals surface area contributed by atoms with Gasteiger partial charge in [-0.05, 0) is 29.7 Å². The first-order valence-electron chi connectivity index (χ1n) is 12.4. The maximum Gasteiger partial charge on any atom is 0.310 e. The minimum atomic E-state index is -0.876. The zero-order valence-corrected chi connectivity index (χ0v) is 21.2. The Morgan fingerprint density at radius 2 is 1.76 bits per heavy atom. The SMILES string of the molecule is C#CC[C@H](NC(=O)CN1CCOCC1)C(=O)C[C@@H](Cc1ccc(OC)cc1)C(=O)OCc1ccccc1. The number of nitrogens with one attached hydrogen (secondary N) is 1. The summed E-state index contributed by atoms with van der Waals surface area (Å²) in [6.07, 6.45) is 5.73. The Morgan fingerprint density at radius 1 is 1.05 bits per heavy atom. The van der Waals surface area contributed by atoms with Gasteiger partial charge in [-0.1, -0.05) is 42.5 Å². The Hall–Kier alpha value is -3.67. The highest BCUT2D eigenvalue weighted by molar-refractivity contribution is 5.92. The van der Waals surface area contributed by atoms with E-state index in [2.05, 4.69) is 11.2 Å². The molecule has 1 fully saturated rings. The molecular formula is C29H34N2O6. The number of carbonyl (C=O) groups is 3. The highest BCUT2D eigenvalue weighted by atomic mass is 16.5. The molecule has 1 aliphatic rings. The van der Waals surface area contributed by atoms with E-state index < -0.39 is 17.9 Å². The Balaban J connectivity index is 1.67. The Bertz CT molecular complexity index is 1060. The van der Waals surface area contributed by atoms with Gasteiger partial charge in [0.2, 0.25) is 5.91 Å². The Labute approximate surface area is 218 Å². The molecule has 0 unspecified atom stereocenters. The van der Waals surface area contributed by atoms with E-state index in [0.29, 0.717) is 38.5 Å². The number of terminal acetylenes is 1. The molecule has 0 spiro atoms. The number of hydrogen-bond donors (Lipinski definition) is 1. The van der Waals surface area contributed by atoms with E-state index in [-0.39, 0.29) is 37.7 Å². The third kappa shape index (κ3) is 9.37. The minimum Gasteiger partial charge on any atom is -0.497 e. The van der Waals surface area contributed by atoms with Crippen LogP contribution >= 0.6 is 0 Å². The van der Waals surface area contributed by atoms with Crippen molar-refractivity contribution in [1.82, 2.24) is 10.2 Å². The number of benzene rings is 2. The molecule has 1 aliphatic heterocycles. The molecule has 1 saturated heterocycles. The monoisotopic (exact) mass is 506 g/mol. The molecule has 2 aromatic carbocycles. The van der Waals surface area contributed by atoms with Crippen molar-refractivity contribution >= 4 is 17.7 Å². The molecule has 0 bridgehead atoms. The fourth-order valence-electron chi connectivity index (χ4n) is 4.08. The predicted molar refractivity (Wildman–Crippen MR) is 139 cm³/mol. The van der Waals surface area contributed by atoms with Gasteiger partial charge in [0.25, 0.3) is 0 Å². The number of ether oxygens (including phenoxy) is 3. The maximum atomic E-state index is 13.3. The average Bonchev–Trinajstić information content (AvgIpc) is 2.92. The van der Waals surface area contributed by atoms with Crippen molar-refractivity contribution in [2.75, 3.05) is 40.0 Å². The number of nitrogens with zero attached hydrogens (tertiary/aromatic N) is 1. The molecule has 196 valence electrons. The molecule has 3 rings (SSSR count). The minimum absolute atomic E-state index is 0.0437. The quantitative estimate of drug-likeness (QED) is 0.329. The first kappa shape index (κ1) is 27.9. The lowest BCUT2D eigenvalue weighted by Gasteiger charge is -2.27. The van der Waals surface area contributed by atoms with Crippen molar-refractivity contribution in [3.8, 4) is 18.1 Å². The lowest BCUT2D eigenvalue weighted by molar-refractivity contribution is -0.151. The highest BCUT2D eigenvalue weighted by Crippen LogP contribution is 2.20. The number of esters is 1. The number of rotatable bonds is 13. The number of hydrogen-bond acceptors (Lipinski definition) is 7. The number of morpholine rings is 1. The van der Waals surface area contributed by atoms with Crippen LogP contribution in [0.1, 0.15) is 24.0 Å². The van der Waals surface area contributed by atoms with Crippen molar-refractivity contribution < 1.29 is 28.6 Å². The van der Waals surface area contributed by atoms with E-state index in [9.17, 15) is 14.4 Å². The lowest BCUT2D eigenvalue weighted by Crippen LogP contribution is -2.48. The van der Waals surface area contributed by atoms with Crippen LogP contribution in [0.2, 0.25) is 0 Å². The average molecular weight is 507 g/mol. The van der Waals surface area contributed by atoms with Gasteiger partial charge in [-0.3, -0.25) is 19.3 Å². The molecule has 2 aromatic rings. The van der Waals surface area contributed by atoms with Crippen molar-refractivity contribution in [3.05, 3.63) is 65.7 Å². The second kappa shape index (κ2) is 14.8. The molecule has 37 heavy (non-hydrogen) atoms. The van der Waals surface area contributed by atoms with Gasteiger partial charge in [-0.2, -0.15) is 0 Å². The van der Waals surface area contributed by atoms with E-state index in [0.717, 1.165) is 11.1 Å². The fourth-order valence-corrected chi connectivity index (χ4v) is 4.08. The smallest absolute Gasteiger partial charge is 0.310 e. The van der Waals surface area contributed by atoms with E-state index >= 15 is 0 Å². The third-order valence-electron chi connectivity index (χ3n) is 6.16. The van der Waals surface area contributed by atoms with E-state index in [1.807, 2.05) is 47.4 Å². The summed E-state index contributed by atoms with van der Waals surface area (Å²) in [5, 5.41) is 2.76. The van der Waals surface area contributed by atoms with Crippen LogP contribution in [0.3, 0.4) is 0 Å². The molecule has 1 heterocycles. The third-order valence-corrected chi connectivity index (χ3v) is 6.16. The van der Waals surface area contributed by atoms with Gasteiger partial charge in [0.05, 0.1) is 38.8 Å². The van der Waals surface area contributed by atoms with Crippen molar-refractivity contribution in [2.45, 2.75) is 31.9 Å². The van der Waals surface area contributed by atoms with Crippen LogP contribution in [-0.4, -0.2) is 68.6 Å². The maximum absolute atomic E-state index is 13.3. The van der Waals surface area contributed by atoms with Gasteiger partial charge in [-0.25, -0.2) is 0 Å². The number of ketones is 1. The summed E-state index contributed by atoms with van der Waals surface area (Å²) in [5.41, 5.74) is 1.71. The van der Waals surface area contributed by atoms with Gasteiger partial charge in [-0.15, -0.1) is 12.3 Å². The zero-order valence-electron chi connectivity index (χ0n) is 21.2. The normalized spacial score (nSPS) is 15.1. The van der Waals surface area contributed by atoms with Crippen LogP contribution in [0.15, 0.2) is 54.6 Å². The van der Waals surface area contributed by atoms with Crippen LogP contribution < -0.4 is 10.1 Å².